The van der Waals surface area contributed by atoms with E-state index in [1.165, 1.54) is 11.8 Å². The summed E-state index contributed by atoms with van der Waals surface area (Å²) in [6, 6.07) is 14.2. The number of benzene rings is 2. The summed E-state index contributed by atoms with van der Waals surface area (Å²) in [5.41, 5.74) is 1.64. The molecule has 0 bridgehead atoms. The van der Waals surface area contributed by atoms with Crippen molar-refractivity contribution in [2.24, 2.45) is 0 Å². The van der Waals surface area contributed by atoms with Gasteiger partial charge in [-0.2, -0.15) is 0 Å². The van der Waals surface area contributed by atoms with Gasteiger partial charge >= 0.3 is 0 Å². The summed E-state index contributed by atoms with van der Waals surface area (Å²) in [5.74, 6) is 0. The Hall–Kier alpha value is -0.980. The SMILES string of the molecule is CSc1ccccc1NS(=O)(=O)c1ccc(CBr)cc1. The molecule has 0 aliphatic rings. The van der Waals surface area contributed by atoms with Gasteiger partial charge < -0.3 is 0 Å². The van der Waals surface area contributed by atoms with E-state index in [1.807, 2.05) is 24.5 Å². The highest BCUT2D eigenvalue weighted by molar-refractivity contribution is 9.08. The average molecular weight is 372 g/mol. The normalized spacial score (nSPS) is 11.3. The van der Waals surface area contributed by atoms with E-state index in [0.717, 1.165) is 10.5 Å². The molecule has 1 N–H and O–H groups in total. The number of alkyl halides is 1. The Kier molecular flexibility index (Phi) is 5.12. The number of anilines is 1. The van der Waals surface area contributed by atoms with Crippen molar-refractivity contribution in [3.8, 4) is 0 Å². The summed E-state index contributed by atoms with van der Waals surface area (Å²) >= 11 is 4.84. The molecular weight excluding hydrogens is 358 g/mol. The zero-order valence-electron chi connectivity index (χ0n) is 10.8. The van der Waals surface area contributed by atoms with Crippen molar-refractivity contribution in [3.63, 3.8) is 0 Å². The van der Waals surface area contributed by atoms with Crippen LogP contribution in [0.3, 0.4) is 0 Å². The van der Waals surface area contributed by atoms with Crippen molar-refractivity contribution in [1.29, 1.82) is 0 Å². The molecule has 0 unspecified atom stereocenters. The minimum Gasteiger partial charge on any atom is -0.278 e. The van der Waals surface area contributed by atoms with Gasteiger partial charge in [-0.05, 0) is 36.1 Å². The summed E-state index contributed by atoms with van der Waals surface area (Å²) in [4.78, 5) is 1.16. The topological polar surface area (TPSA) is 46.2 Å². The number of hydrogen-bond donors (Lipinski definition) is 1. The lowest BCUT2D eigenvalue weighted by molar-refractivity contribution is 0.601. The third kappa shape index (κ3) is 3.56. The van der Waals surface area contributed by atoms with Gasteiger partial charge in [0.05, 0.1) is 10.6 Å². The first-order chi connectivity index (χ1) is 9.56. The highest BCUT2D eigenvalue weighted by Crippen LogP contribution is 2.27. The second kappa shape index (κ2) is 6.65. The Balaban J connectivity index is 2.30. The fraction of sp³-hybridized carbons (Fsp3) is 0.143. The second-order valence-electron chi connectivity index (χ2n) is 4.08. The standard InChI is InChI=1S/C14H14BrNO2S2/c1-19-14-5-3-2-4-13(14)16-20(17,18)12-8-6-11(10-15)7-9-12/h2-9,16H,10H2,1H3. The van der Waals surface area contributed by atoms with Crippen LogP contribution >= 0.6 is 27.7 Å². The van der Waals surface area contributed by atoms with Crippen molar-refractivity contribution in [1.82, 2.24) is 0 Å². The number of sulfonamides is 1. The molecule has 0 spiro atoms. The molecule has 3 nitrogen and oxygen atoms in total. The third-order valence-corrected chi connectivity index (χ3v) is 5.56. The number of halogens is 1. The number of para-hydroxylation sites is 1. The molecule has 0 aliphatic carbocycles. The van der Waals surface area contributed by atoms with Gasteiger partial charge in [-0.25, -0.2) is 8.42 Å². The average Bonchev–Trinajstić information content (AvgIpc) is 2.47. The largest absolute Gasteiger partial charge is 0.278 e. The molecule has 2 rings (SSSR count). The molecule has 0 saturated carbocycles. The predicted molar refractivity (Wildman–Crippen MR) is 88.1 cm³/mol. The van der Waals surface area contributed by atoms with Gasteiger partial charge in [0.15, 0.2) is 0 Å². The fourth-order valence-corrected chi connectivity index (χ4v) is 3.76. The van der Waals surface area contributed by atoms with Crippen molar-refractivity contribution in [2.75, 3.05) is 11.0 Å². The monoisotopic (exact) mass is 371 g/mol. The molecule has 0 saturated heterocycles. The van der Waals surface area contributed by atoms with E-state index in [9.17, 15) is 8.42 Å². The van der Waals surface area contributed by atoms with E-state index in [4.69, 9.17) is 0 Å². The van der Waals surface area contributed by atoms with E-state index in [0.29, 0.717) is 11.0 Å². The Morgan fingerprint density at radius 1 is 1.10 bits per heavy atom. The maximum Gasteiger partial charge on any atom is 0.261 e. The van der Waals surface area contributed by atoms with Crippen LogP contribution in [0.15, 0.2) is 58.3 Å². The van der Waals surface area contributed by atoms with E-state index >= 15 is 0 Å². The molecular formula is C14H14BrNO2S2. The zero-order valence-corrected chi connectivity index (χ0v) is 14.1. The molecule has 2 aromatic carbocycles. The quantitative estimate of drug-likeness (QED) is 0.635. The lowest BCUT2D eigenvalue weighted by Crippen LogP contribution is -2.13. The van der Waals surface area contributed by atoms with Gasteiger partial charge in [0.1, 0.15) is 0 Å². The lowest BCUT2D eigenvalue weighted by atomic mass is 10.2. The van der Waals surface area contributed by atoms with E-state index in [1.54, 1.807) is 30.3 Å². The van der Waals surface area contributed by atoms with Gasteiger partial charge in [-0.1, -0.05) is 40.2 Å². The number of nitrogens with one attached hydrogen (secondary N) is 1. The minimum atomic E-state index is -3.55. The molecule has 20 heavy (non-hydrogen) atoms. The van der Waals surface area contributed by atoms with Crippen molar-refractivity contribution in [3.05, 3.63) is 54.1 Å². The number of thioether (sulfide) groups is 1. The first-order valence-corrected chi connectivity index (χ1v) is 9.70. The molecule has 2 aromatic rings. The Bertz CT molecular complexity index is 685. The Morgan fingerprint density at radius 2 is 1.75 bits per heavy atom. The van der Waals surface area contributed by atoms with Gasteiger partial charge in [0.25, 0.3) is 10.0 Å². The van der Waals surface area contributed by atoms with Crippen molar-refractivity contribution in [2.45, 2.75) is 15.1 Å². The molecule has 0 amide bonds. The van der Waals surface area contributed by atoms with Crippen LogP contribution in [-0.2, 0) is 15.4 Å². The molecule has 6 heteroatoms. The number of rotatable bonds is 5. The minimum absolute atomic E-state index is 0.262. The summed E-state index contributed by atoms with van der Waals surface area (Å²) < 4.78 is 27.3. The smallest absolute Gasteiger partial charge is 0.261 e. The molecule has 0 aromatic heterocycles. The second-order valence-corrected chi connectivity index (χ2v) is 7.17. The highest BCUT2D eigenvalue weighted by atomic mass is 79.9. The first kappa shape index (κ1) is 15.4. The maximum absolute atomic E-state index is 12.3. The molecule has 106 valence electrons. The van der Waals surface area contributed by atoms with Crippen molar-refractivity contribution >= 4 is 43.4 Å². The molecule has 0 atom stereocenters. The third-order valence-electron chi connectivity index (χ3n) is 2.74. The summed E-state index contributed by atoms with van der Waals surface area (Å²) in [5, 5.41) is 0.704. The van der Waals surface area contributed by atoms with Gasteiger partial charge in [-0.15, -0.1) is 11.8 Å². The predicted octanol–water partition coefficient (Wildman–Crippen LogP) is 4.10. The van der Waals surface area contributed by atoms with Crippen LogP contribution in [-0.4, -0.2) is 14.7 Å². The molecule has 0 aliphatic heterocycles. The van der Waals surface area contributed by atoms with Gasteiger partial charge in [0, 0.05) is 10.2 Å². The highest BCUT2D eigenvalue weighted by Gasteiger charge is 2.15. The maximum atomic E-state index is 12.3. The fourth-order valence-electron chi connectivity index (χ4n) is 1.69. The summed E-state index contributed by atoms with van der Waals surface area (Å²) in [6.45, 7) is 0. The Morgan fingerprint density at radius 3 is 2.35 bits per heavy atom. The molecule has 0 radical (unpaired) electrons. The van der Waals surface area contributed by atoms with Crippen LogP contribution in [0.2, 0.25) is 0 Å². The zero-order chi connectivity index (χ0) is 14.6. The van der Waals surface area contributed by atoms with Crippen LogP contribution in [0.25, 0.3) is 0 Å². The Labute approximate surface area is 132 Å². The first-order valence-electron chi connectivity index (χ1n) is 5.87. The van der Waals surface area contributed by atoms with Crippen LogP contribution in [0, 0.1) is 0 Å². The van der Waals surface area contributed by atoms with E-state index < -0.39 is 10.0 Å². The van der Waals surface area contributed by atoms with Gasteiger partial charge in [0.2, 0.25) is 0 Å². The molecule has 0 heterocycles. The van der Waals surface area contributed by atoms with Crippen LogP contribution in [0.1, 0.15) is 5.56 Å². The van der Waals surface area contributed by atoms with Gasteiger partial charge in [-0.3, -0.25) is 4.72 Å². The van der Waals surface area contributed by atoms with Crippen LogP contribution < -0.4 is 4.72 Å². The van der Waals surface area contributed by atoms with Crippen LogP contribution in [0.4, 0.5) is 5.69 Å². The van der Waals surface area contributed by atoms with Crippen molar-refractivity contribution < 1.29 is 8.42 Å². The van der Waals surface area contributed by atoms with E-state index in [2.05, 4.69) is 20.7 Å². The lowest BCUT2D eigenvalue weighted by Gasteiger charge is -2.11. The van der Waals surface area contributed by atoms with Crippen LogP contribution in [0.5, 0.6) is 0 Å². The molecule has 0 fully saturated rings. The number of hydrogen-bond acceptors (Lipinski definition) is 3. The summed E-state index contributed by atoms with van der Waals surface area (Å²) in [6.07, 6.45) is 1.91. The van der Waals surface area contributed by atoms with E-state index in [-0.39, 0.29) is 4.90 Å². The summed E-state index contributed by atoms with van der Waals surface area (Å²) in [7, 11) is -3.55.